The zero-order valence-corrected chi connectivity index (χ0v) is 17.5. The monoisotopic (exact) mass is 368 g/mol. The van der Waals surface area contributed by atoms with Gasteiger partial charge in [0.05, 0.1) is 0 Å². The molecule has 0 amide bonds. The van der Waals surface area contributed by atoms with Gasteiger partial charge in [-0.2, -0.15) is 0 Å². The Hall–Kier alpha value is -1.68. The second-order valence-corrected chi connectivity index (χ2v) is 12.2. The highest BCUT2D eigenvalue weighted by atomic mass is 28.4. The topological polar surface area (TPSA) is 29.5 Å². The summed E-state index contributed by atoms with van der Waals surface area (Å²) in [7, 11) is -2.44. The van der Waals surface area contributed by atoms with E-state index in [0.29, 0.717) is 18.9 Å². The molecule has 0 fully saturated rings. The molecule has 0 heterocycles. The van der Waals surface area contributed by atoms with Crippen molar-refractivity contribution in [3.05, 3.63) is 72.8 Å². The molecule has 1 atom stereocenters. The molecule has 26 heavy (non-hydrogen) atoms. The predicted octanol–water partition coefficient (Wildman–Crippen LogP) is 4.14. The number of hydrogen-bond donors (Lipinski definition) is 1. The van der Waals surface area contributed by atoms with Crippen LogP contribution in [0.15, 0.2) is 72.8 Å². The van der Waals surface area contributed by atoms with E-state index >= 15 is 0 Å². The number of benzene rings is 2. The molecule has 0 aromatic heterocycles. The van der Waals surface area contributed by atoms with Gasteiger partial charge in [-0.15, -0.1) is 0 Å². The lowest BCUT2D eigenvalue weighted by Crippen LogP contribution is -2.66. The van der Waals surface area contributed by atoms with Crippen LogP contribution in [0.25, 0.3) is 0 Å². The van der Waals surface area contributed by atoms with Crippen molar-refractivity contribution in [1.82, 2.24) is 0 Å². The van der Waals surface area contributed by atoms with Gasteiger partial charge in [0.15, 0.2) is 0 Å². The molecule has 3 heteroatoms. The summed E-state index contributed by atoms with van der Waals surface area (Å²) in [6.45, 7) is 9.93. The molecular weight excluding hydrogens is 336 g/mol. The lowest BCUT2D eigenvalue weighted by Gasteiger charge is -2.43. The Labute approximate surface area is 159 Å². The average Bonchev–Trinajstić information content (AvgIpc) is 2.63. The van der Waals surface area contributed by atoms with Crippen molar-refractivity contribution >= 4 is 18.7 Å². The van der Waals surface area contributed by atoms with Crippen LogP contribution in [0.5, 0.6) is 0 Å². The number of rotatable bonds is 8. The van der Waals surface area contributed by atoms with Gasteiger partial charge >= 0.3 is 0 Å². The summed E-state index contributed by atoms with van der Waals surface area (Å²) >= 11 is 0. The van der Waals surface area contributed by atoms with E-state index in [1.807, 2.05) is 6.08 Å². The summed E-state index contributed by atoms with van der Waals surface area (Å²) in [6.07, 6.45) is 4.89. The maximum Gasteiger partial charge on any atom is 0.261 e. The minimum absolute atomic E-state index is 0.00421. The van der Waals surface area contributed by atoms with Crippen molar-refractivity contribution in [2.75, 3.05) is 13.2 Å². The minimum Gasteiger partial charge on any atom is -0.407 e. The zero-order valence-electron chi connectivity index (χ0n) is 16.5. The van der Waals surface area contributed by atoms with Gasteiger partial charge in [-0.3, -0.25) is 0 Å². The number of hydrogen-bond acceptors (Lipinski definition) is 2. The highest BCUT2D eigenvalue weighted by Crippen LogP contribution is 2.37. The summed E-state index contributed by atoms with van der Waals surface area (Å²) in [5.74, 6) is 0.309. The van der Waals surface area contributed by atoms with E-state index in [0.717, 1.165) is 0 Å². The van der Waals surface area contributed by atoms with Crippen LogP contribution in [0.2, 0.25) is 5.04 Å². The van der Waals surface area contributed by atoms with Crippen LogP contribution < -0.4 is 10.4 Å². The van der Waals surface area contributed by atoms with Gasteiger partial charge in [-0.25, -0.2) is 0 Å². The highest BCUT2D eigenvalue weighted by Gasteiger charge is 2.50. The fraction of sp³-hybridized carbons (Fsp3) is 0.391. The third-order valence-electron chi connectivity index (χ3n) is 4.74. The first kappa shape index (κ1) is 20.6. The Balaban J connectivity index is 2.44. The van der Waals surface area contributed by atoms with Crippen molar-refractivity contribution < 1.29 is 9.53 Å². The van der Waals surface area contributed by atoms with E-state index in [9.17, 15) is 0 Å². The molecular formula is C23H32O2Si. The molecule has 2 aromatic carbocycles. The van der Waals surface area contributed by atoms with Crippen LogP contribution in [0.4, 0.5) is 0 Å². The number of aliphatic hydroxyl groups excluding tert-OH is 1. The van der Waals surface area contributed by atoms with Crippen molar-refractivity contribution in [1.29, 1.82) is 0 Å². The predicted molar refractivity (Wildman–Crippen MR) is 114 cm³/mol. The zero-order chi connectivity index (χ0) is 19.0. The minimum atomic E-state index is -2.44. The van der Waals surface area contributed by atoms with Gasteiger partial charge in [-0.1, -0.05) is 101 Å². The summed E-state index contributed by atoms with van der Waals surface area (Å²) in [5.41, 5.74) is 0. The molecule has 2 rings (SSSR count). The fourth-order valence-corrected chi connectivity index (χ4v) is 8.15. The van der Waals surface area contributed by atoms with Gasteiger partial charge in [-0.05, 0) is 27.8 Å². The third-order valence-corrected chi connectivity index (χ3v) is 9.74. The molecule has 1 N–H and O–H groups in total. The molecule has 140 valence electrons. The van der Waals surface area contributed by atoms with Gasteiger partial charge in [0.2, 0.25) is 0 Å². The van der Waals surface area contributed by atoms with Crippen molar-refractivity contribution in [2.45, 2.75) is 39.2 Å². The Morgan fingerprint density at radius 1 is 0.962 bits per heavy atom. The molecule has 0 saturated heterocycles. The summed E-state index contributed by atoms with van der Waals surface area (Å²) < 4.78 is 6.88. The largest absolute Gasteiger partial charge is 0.407 e. The summed E-state index contributed by atoms with van der Waals surface area (Å²) in [4.78, 5) is 0. The van der Waals surface area contributed by atoms with E-state index in [4.69, 9.17) is 9.53 Å². The van der Waals surface area contributed by atoms with E-state index in [2.05, 4.69) is 94.4 Å². The molecule has 0 aliphatic heterocycles. The molecule has 0 unspecified atom stereocenters. The molecule has 0 radical (unpaired) electrons. The smallest absolute Gasteiger partial charge is 0.261 e. The second-order valence-electron chi connectivity index (χ2n) is 7.89. The van der Waals surface area contributed by atoms with E-state index in [1.54, 1.807) is 0 Å². The Morgan fingerprint density at radius 2 is 1.46 bits per heavy atom. The van der Waals surface area contributed by atoms with Crippen LogP contribution in [0.3, 0.4) is 0 Å². The SMILES string of the molecule is C[C@@H](/C=C/CCO)CO[Si](c1ccccc1)(c1ccccc1)C(C)(C)C. The van der Waals surface area contributed by atoms with Crippen molar-refractivity contribution in [3.8, 4) is 0 Å². The quantitative estimate of drug-likeness (QED) is 0.560. The molecule has 2 aromatic rings. The van der Waals surface area contributed by atoms with Crippen LogP contribution in [0, 0.1) is 5.92 Å². The van der Waals surface area contributed by atoms with Gasteiger partial charge in [0.25, 0.3) is 8.32 Å². The van der Waals surface area contributed by atoms with Crippen molar-refractivity contribution in [2.24, 2.45) is 5.92 Å². The van der Waals surface area contributed by atoms with Crippen LogP contribution in [-0.2, 0) is 4.43 Å². The summed E-state index contributed by atoms with van der Waals surface area (Å²) in [6, 6.07) is 21.5. The first-order valence-corrected chi connectivity index (χ1v) is 11.3. The van der Waals surface area contributed by atoms with E-state index < -0.39 is 8.32 Å². The Kier molecular flexibility index (Phi) is 7.39. The van der Waals surface area contributed by atoms with Gasteiger partial charge in [0.1, 0.15) is 0 Å². The lowest BCUT2D eigenvalue weighted by atomic mass is 10.2. The molecule has 0 bridgehead atoms. The van der Waals surface area contributed by atoms with Crippen molar-refractivity contribution in [3.63, 3.8) is 0 Å². The number of aliphatic hydroxyl groups is 1. The lowest BCUT2D eigenvalue weighted by molar-refractivity contribution is 0.267. The third kappa shape index (κ3) is 4.73. The van der Waals surface area contributed by atoms with Crippen LogP contribution in [0.1, 0.15) is 34.1 Å². The molecule has 0 saturated carbocycles. The molecule has 2 nitrogen and oxygen atoms in total. The Bertz CT molecular complexity index is 635. The van der Waals surface area contributed by atoms with Gasteiger partial charge in [0, 0.05) is 13.2 Å². The summed E-state index contributed by atoms with van der Waals surface area (Å²) in [5, 5.41) is 11.6. The van der Waals surface area contributed by atoms with E-state index in [1.165, 1.54) is 10.4 Å². The molecule has 0 spiro atoms. The molecule has 0 aliphatic rings. The first-order chi connectivity index (χ1) is 12.4. The standard InChI is InChI=1S/C23H32O2Si/c1-20(13-11-12-18-24)19-25-26(23(2,3)4,21-14-7-5-8-15-21)22-16-9-6-10-17-22/h5-11,13-17,20,24H,12,18-19H2,1-4H3/b13-11+/t20-/m0/s1. The van der Waals surface area contributed by atoms with Gasteiger partial charge < -0.3 is 9.53 Å². The van der Waals surface area contributed by atoms with Crippen LogP contribution >= 0.6 is 0 Å². The van der Waals surface area contributed by atoms with Crippen LogP contribution in [-0.4, -0.2) is 26.6 Å². The first-order valence-electron chi connectivity index (χ1n) is 9.44. The molecule has 0 aliphatic carbocycles. The second kappa shape index (κ2) is 9.31. The maximum absolute atomic E-state index is 8.97. The average molecular weight is 369 g/mol. The normalized spacial score (nSPS) is 13.9. The maximum atomic E-state index is 8.97. The fourth-order valence-electron chi connectivity index (χ4n) is 3.48. The Morgan fingerprint density at radius 3 is 1.88 bits per heavy atom. The van der Waals surface area contributed by atoms with E-state index in [-0.39, 0.29) is 11.6 Å². The highest BCUT2D eigenvalue weighted by molar-refractivity contribution is 6.99.